The third-order valence-corrected chi connectivity index (χ3v) is 3.93. The highest BCUT2D eigenvalue weighted by atomic mass is 35.5. The van der Waals surface area contributed by atoms with Crippen LogP contribution in [0.15, 0.2) is 29.0 Å². The van der Waals surface area contributed by atoms with Gasteiger partial charge in [0.1, 0.15) is 0 Å². The summed E-state index contributed by atoms with van der Waals surface area (Å²) in [6.07, 6.45) is 0. The molecule has 2 N–H and O–H groups in total. The Kier molecular flexibility index (Phi) is 3.82. The number of nitrogens with two attached hydrogens (primary N) is 1. The normalized spacial score (nSPS) is 10.5. The topological polar surface area (TPSA) is 29.3 Å². The molecule has 0 unspecified atom stereocenters. The average Bonchev–Trinajstić information content (AvgIpc) is 2.76. The van der Waals surface area contributed by atoms with Gasteiger partial charge in [-0.25, -0.2) is 0 Å². The van der Waals surface area contributed by atoms with Gasteiger partial charge in [-0.3, -0.25) is 0 Å². The van der Waals surface area contributed by atoms with E-state index in [1.807, 2.05) is 7.05 Å². The van der Waals surface area contributed by atoms with Gasteiger partial charge in [-0.1, -0.05) is 23.2 Å². The van der Waals surface area contributed by atoms with Crippen LogP contribution in [-0.2, 0) is 6.54 Å². The fourth-order valence-electron chi connectivity index (χ4n) is 1.62. The summed E-state index contributed by atoms with van der Waals surface area (Å²) in [6, 6.07) is 5.57. The van der Waals surface area contributed by atoms with E-state index in [0.717, 1.165) is 12.2 Å². The first-order chi connectivity index (χ1) is 8.08. The van der Waals surface area contributed by atoms with Crippen molar-refractivity contribution in [3.8, 4) is 0 Å². The zero-order chi connectivity index (χ0) is 12.4. The molecule has 17 heavy (non-hydrogen) atoms. The lowest BCUT2D eigenvalue weighted by Crippen LogP contribution is -2.17. The molecule has 0 aliphatic carbocycles. The molecule has 5 heteroatoms. The molecule has 2 rings (SSSR count). The van der Waals surface area contributed by atoms with E-state index in [1.165, 1.54) is 5.56 Å². The van der Waals surface area contributed by atoms with Crippen molar-refractivity contribution in [1.82, 2.24) is 0 Å². The molecule has 0 atom stereocenters. The maximum atomic E-state index is 6.00. The second-order valence-corrected chi connectivity index (χ2v) is 5.41. The van der Waals surface area contributed by atoms with Crippen molar-refractivity contribution in [2.45, 2.75) is 6.54 Å². The van der Waals surface area contributed by atoms with Gasteiger partial charge in [0.25, 0.3) is 0 Å². The van der Waals surface area contributed by atoms with E-state index >= 15 is 0 Å². The van der Waals surface area contributed by atoms with Crippen LogP contribution < -0.4 is 10.6 Å². The molecule has 0 amide bonds. The van der Waals surface area contributed by atoms with Crippen molar-refractivity contribution in [3.05, 3.63) is 44.6 Å². The minimum absolute atomic E-state index is 0.483. The standard InChI is InChI=1S/C12H12Cl2N2S/c1-16(6-8-2-3-17-7-8)12-5-10(14)9(13)4-11(12)15/h2-5,7H,6,15H2,1H3. The first kappa shape index (κ1) is 12.6. The smallest absolute Gasteiger partial charge is 0.0616 e. The summed E-state index contributed by atoms with van der Waals surface area (Å²) in [6.45, 7) is 0.797. The first-order valence-electron chi connectivity index (χ1n) is 5.04. The number of thiophene rings is 1. The van der Waals surface area contributed by atoms with Crippen LogP contribution in [0.2, 0.25) is 10.0 Å². The predicted octanol–water partition coefficient (Wildman–Crippen LogP) is 4.27. The molecule has 0 aliphatic rings. The minimum atomic E-state index is 0.483. The lowest BCUT2D eigenvalue weighted by molar-refractivity contribution is 0.929. The summed E-state index contributed by atoms with van der Waals surface area (Å²) < 4.78 is 0. The van der Waals surface area contributed by atoms with Gasteiger partial charge in [-0.2, -0.15) is 11.3 Å². The molecule has 2 nitrogen and oxygen atoms in total. The Morgan fingerprint density at radius 1 is 1.29 bits per heavy atom. The van der Waals surface area contributed by atoms with Crippen LogP contribution in [0.25, 0.3) is 0 Å². The number of benzene rings is 1. The first-order valence-corrected chi connectivity index (χ1v) is 6.74. The molecule has 1 aromatic heterocycles. The van der Waals surface area contributed by atoms with Crippen molar-refractivity contribution in [1.29, 1.82) is 0 Å². The fourth-order valence-corrected chi connectivity index (χ4v) is 2.61. The molecule has 0 saturated carbocycles. The summed E-state index contributed by atoms with van der Waals surface area (Å²) in [5.41, 5.74) is 8.72. The maximum absolute atomic E-state index is 6.00. The molecule has 1 heterocycles. The van der Waals surface area contributed by atoms with Crippen molar-refractivity contribution >= 4 is 45.9 Å². The Morgan fingerprint density at radius 3 is 2.65 bits per heavy atom. The van der Waals surface area contributed by atoms with E-state index in [9.17, 15) is 0 Å². The molecule has 0 radical (unpaired) electrons. The predicted molar refractivity (Wildman–Crippen MR) is 77.3 cm³/mol. The number of halogens is 2. The summed E-state index contributed by atoms with van der Waals surface area (Å²) in [5.74, 6) is 0. The lowest BCUT2D eigenvalue weighted by Gasteiger charge is -2.21. The molecule has 0 spiro atoms. The maximum Gasteiger partial charge on any atom is 0.0616 e. The average molecular weight is 287 g/mol. The van der Waals surface area contributed by atoms with E-state index < -0.39 is 0 Å². The quantitative estimate of drug-likeness (QED) is 0.854. The molecule has 0 bridgehead atoms. The van der Waals surface area contributed by atoms with Crippen LogP contribution >= 0.6 is 34.5 Å². The van der Waals surface area contributed by atoms with Crippen molar-refractivity contribution in [3.63, 3.8) is 0 Å². The van der Waals surface area contributed by atoms with E-state index in [0.29, 0.717) is 15.7 Å². The monoisotopic (exact) mass is 286 g/mol. The molecular formula is C12H12Cl2N2S. The van der Waals surface area contributed by atoms with Crippen LogP contribution in [-0.4, -0.2) is 7.05 Å². The second kappa shape index (κ2) is 5.17. The third-order valence-electron chi connectivity index (χ3n) is 2.48. The zero-order valence-corrected chi connectivity index (χ0v) is 11.6. The minimum Gasteiger partial charge on any atom is -0.397 e. The third kappa shape index (κ3) is 2.86. The molecule has 0 fully saturated rings. The number of hydrogen-bond acceptors (Lipinski definition) is 3. The van der Waals surface area contributed by atoms with Gasteiger partial charge < -0.3 is 10.6 Å². The Labute approximate surface area is 115 Å². The SMILES string of the molecule is CN(Cc1ccsc1)c1cc(Cl)c(Cl)cc1N. The highest BCUT2D eigenvalue weighted by Gasteiger charge is 2.09. The number of nitrogens with zero attached hydrogens (tertiary/aromatic N) is 1. The molecule has 90 valence electrons. The summed E-state index contributed by atoms with van der Waals surface area (Å²) in [4.78, 5) is 2.06. The van der Waals surface area contributed by atoms with Gasteiger partial charge in [0.05, 0.1) is 21.4 Å². The van der Waals surface area contributed by atoms with Gasteiger partial charge >= 0.3 is 0 Å². The van der Waals surface area contributed by atoms with Crippen LogP contribution in [0.3, 0.4) is 0 Å². The fraction of sp³-hybridized carbons (Fsp3) is 0.167. The number of nitrogen functional groups attached to an aromatic ring is 1. The Morgan fingerprint density at radius 2 is 2.00 bits per heavy atom. The summed E-state index contributed by atoms with van der Waals surface area (Å²) >= 11 is 13.6. The van der Waals surface area contributed by atoms with Gasteiger partial charge in [0.15, 0.2) is 0 Å². The van der Waals surface area contributed by atoms with Crippen LogP contribution in [0.5, 0.6) is 0 Å². The van der Waals surface area contributed by atoms with Gasteiger partial charge in [0.2, 0.25) is 0 Å². The Bertz CT molecular complexity index is 511. The van der Waals surface area contributed by atoms with Crippen LogP contribution in [0.4, 0.5) is 11.4 Å². The molecule has 2 aromatic rings. The highest BCUT2D eigenvalue weighted by Crippen LogP contribution is 2.33. The number of hydrogen-bond donors (Lipinski definition) is 1. The Balaban J connectivity index is 2.24. The molecule has 0 aliphatic heterocycles. The van der Waals surface area contributed by atoms with E-state index in [1.54, 1.807) is 23.5 Å². The summed E-state index contributed by atoms with van der Waals surface area (Å²) in [7, 11) is 1.98. The number of anilines is 2. The van der Waals surface area contributed by atoms with Crippen molar-refractivity contribution < 1.29 is 0 Å². The van der Waals surface area contributed by atoms with Gasteiger partial charge in [-0.05, 0) is 34.5 Å². The van der Waals surface area contributed by atoms with Crippen LogP contribution in [0.1, 0.15) is 5.56 Å². The van der Waals surface area contributed by atoms with Crippen LogP contribution in [0, 0.1) is 0 Å². The Hall–Kier alpha value is -0.900. The van der Waals surface area contributed by atoms with Crippen molar-refractivity contribution in [2.75, 3.05) is 17.7 Å². The van der Waals surface area contributed by atoms with E-state index in [2.05, 4.69) is 21.7 Å². The number of rotatable bonds is 3. The van der Waals surface area contributed by atoms with Crippen molar-refractivity contribution in [2.24, 2.45) is 0 Å². The lowest BCUT2D eigenvalue weighted by atomic mass is 10.2. The molecule has 1 aromatic carbocycles. The highest BCUT2D eigenvalue weighted by molar-refractivity contribution is 7.07. The van der Waals surface area contributed by atoms with Gasteiger partial charge in [0, 0.05) is 13.6 Å². The summed E-state index contributed by atoms with van der Waals surface area (Å²) in [5, 5.41) is 5.18. The second-order valence-electron chi connectivity index (χ2n) is 3.81. The van der Waals surface area contributed by atoms with E-state index in [4.69, 9.17) is 28.9 Å². The molecule has 0 saturated heterocycles. The largest absolute Gasteiger partial charge is 0.397 e. The zero-order valence-electron chi connectivity index (χ0n) is 9.28. The molecular weight excluding hydrogens is 275 g/mol. The van der Waals surface area contributed by atoms with Gasteiger partial charge in [-0.15, -0.1) is 0 Å². The van der Waals surface area contributed by atoms with E-state index in [-0.39, 0.29) is 0 Å².